The SMILES string of the molecule is C=C[C@H](OCc1ccccc1)[C@@H]1[C@@H](O[Si](C)(C)C(C)(C)C)C=CCN1C(C)=O. The summed E-state index contributed by atoms with van der Waals surface area (Å²) in [6.07, 6.45) is 5.38. The van der Waals surface area contributed by atoms with Crippen LogP contribution in [0.1, 0.15) is 33.3 Å². The minimum absolute atomic E-state index is 0.0216. The van der Waals surface area contributed by atoms with Gasteiger partial charge in [-0.25, -0.2) is 0 Å². The quantitative estimate of drug-likeness (QED) is 0.480. The Balaban J connectivity index is 2.27. The van der Waals surface area contributed by atoms with E-state index >= 15 is 0 Å². The summed E-state index contributed by atoms with van der Waals surface area (Å²) >= 11 is 0. The van der Waals surface area contributed by atoms with Gasteiger partial charge in [0, 0.05) is 13.5 Å². The molecule has 2 rings (SSSR count). The lowest BCUT2D eigenvalue weighted by atomic mass is 9.98. The highest BCUT2D eigenvalue weighted by atomic mass is 28.4. The second kappa shape index (κ2) is 9.20. The van der Waals surface area contributed by atoms with E-state index in [4.69, 9.17) is 9.16 Å². The van der Waals surface area contributed by atoms with Gasteiger partial charge in [0.1, 0.15) is 0 Å². The van der Waals surface area contributed by atoms with E-state index < -0.39 is 8.32 Å². The zero-order valence-corrected chi connectivity index (χ0v) is 19.1. The maximum Gasteiger partial charge on any atom is 0.220 e. The van der Waals surface area contributed by atoms with E-state index in [0.29, 0.717) is 13.2 Å². The van der Waals surface area contributed by atoms with E-state index in [1.807, 2.05) is 41.3 Å². The van der Waals surface area contributed by atoms with Crippen LogP contribution in [-0.4, -0.2) is 43.9 Å². The number of hydrogen-bond donors (Lipinski definition) is 0. The van der Waals surface area contributed by atoms with Gasteiger partial charge >= 0.3 is 0 Å². The van der Waals surface area contributed by atoms with Crippen molar-refractivity contribution in [1.82, 2.24) is 4.90 Å². The molecule has 0 aromatic heterocycles. The average Bonchev–Trinajstić information content (AvgIpc) is 2.62. The summed E-state index contributed by atoms with van der Waals surface area (Å²) in [5, 5.41) is 0.0818. The second-order valence-corrected chi connectivity index (χ2v) is 13.7. The Morgan fingerprint density at radius 2 is 1.96 bits per heavy atom. The molecule has 0 unspecified atom stereocenters. The molecule has 1 heterocycles. The molecule has 1 aromatic carbocycles. The van der Waals surface area contributed by atoms with Crippen LogP contribution in [0, 0.1) is 0 Å². The van der Waals surface area contributed by atoms with Crippen LogP contribution in [0.15, 0.2) is 55.1 Å². The van der Waals surface area contributed by atoms with Gasteiger partial charge < -0.3 is 14.1 Å². The number of nitrogens with zero attached hydrogens (tertiary/aromatic N) is 1. The molecule has 28 heavy (non-hydrogen) atoms. The molecule has 0 bridgehead atoms. The van der Waals surface area contributed by atoms with Crippen LogP contribution in [0.5, 0.6) is 0 Å². The highest BCUT2D eigenvalue weighted by molar-refractivity contribution is 6.74. The maximum absolute atomic E-state index is 12.4. The first-order chi connectivity index (χ1) is 13.1. The van der Waals surface area contributed by atoms with Crippen LogP contribution < -0.4 is 0 Å². The summed E-state index contributed by atoms with van der Waals surface area (Å²) in [7, 11) is -2.02. The molecule has 3 atom stereocenters. The van der Waals surface area contributed by atoms with Gasteiger partial charge in [-0.1, -0.05) is 69.3 Å². The molecule has 154 valence electrons. The van der Waals surface area contributed by atoms with Crippen molar-refractivity contribution in [3.8, 4) is 0 Å². The van der Waals surface area contributed by atoms with Crippen LogP contribution >= 0.6 is 0 Å². The third-order valence-corrected chi connectivity index (χ3v) is 10.3. The predicted octanol–water partition coefficient (Wildman–Crippen LogP) is 4.94. The van der Waals surface area contributed by atoms with Crippen LogP contribution in [0.25, 0.3) is 0 Å². The molecular weight excluding hydrogens is 366 g/mol. The number of hydrogen-bond acceptors (Lipinski definition) is 3. The lowest BCUT2D eigenvalue weighted by molar-refractivity contribution is -0.137. The van der Waals surface area contributed by atoms with E-state index in [9.17, 15) is 4.79 Å². The van der Waals surface area contributed by atoms with Crippen molar-refractivity contribution >= 4 is 14.2 Å². The summed E-state index contributed by atoms with van der Waals surface area (Å²) in [6, 6.07) is 9.83. The molecule has 0 aliphatic carbocycles. The Morgan fingerprint density at radius 1 is 1.32 bits per heavy atom. The summed E-state index contributed by atoms with van der Waals surface area (Å²) in [6.45, 7) is 17.8. The van der Waals surface area contributed by atoms with E-state index in [1.165, 1.54) is 0 Å². The normalized spacial score (nSPS) is 21.4. The van der Waals surface area contributed by atoms with E-state index in [1.54, 1.807) is 13.0 Å². The Morgan fingerprint density at radius 3 is 2.50 bits per heavy atom. The largest absolute Gasteiger partial charge is 0.408 e. The average molecular weight is 402 g/mol. The van der Waals surface area contributed by atoms with Gasteiger partial charge in [0.15, 0.2) is 8.32 Å². The van der Waals surface area contributed by atoms with Gasteiger partial charge in [0.05, 0.1) is 24.9 Å². The molecule has 0 fully saturated rings. The third-order valence-electron chi connectivity index (χ3n) is 5.82. The summed E-state index contributed by atoms with van der Waals surface area (Å²) in [5.74, 6) is 0.0216. The van der Waals surface area contributed by atoms with Crippen LogP contribution in [-0.2, 0) is 20.6 Å². The van der Waals surface area contributed by atoms with Gasteiger partial charge in [-0.2, -0.15) is 0 Å². The zero-order chi connectivity index (χ0) is 20.9. The van der Waals surface area contributed by atoms with Crippen LogP contribution in [0.2, 0.25) is 18.1 Å². The Labute approximate surface area is 171 Å². The molecule has 5 heteroatoms. The Bertz CT molecular complexity index is 694. The number of carbonyl (C=O) groups is 1. The summed E-state index contributed by atoms with van der Waals surface area (Å²) in [4.78, 5) is 14.2. The Kier molecular flexibility index (Phi) is 7.43. The molecule has 0 spiro atoms. The fraction of sp³-hybridized carbons (Fsp3) is 0.522. The van der Waals surface area contributed by atoms with Gasteiger partial charge in [-0.15, -0.1) is 6.58 Å². The topological polar surface area (TPSA) is 38.8 Å². The Hall–Kier alpha value is -1.69. The first-order valence-electron chi connectivity index (χ1n) is 9.96. The maximum atomic E-state index is 12.4. The number of carbonyl (C=O) groups excluding carboxylic acids is 1. The molecular formula is C23H35NO3Si. The van der Waals surface area contributed by atoms with E-state index in [2.05, 4.69) is 46.5 Å². The second-order valence-electron chi connectivity index (χ2n) is 8.93. The molecule has 1 aliphatic rings. The standard InChI is InChI=1S/C23H35NO3Si/c1-8-20(26-17-19-13-10-9-11-14-19)22-21(15-12-16-24(22)18(2)25)27-28(6,7)23(3,4)5/h8-15,20-22H,1,16-17H2,2-7H3/t20-,21-,22+/m0/s1. The molecule has 1 amide bonds. The molecule has 0 saturated heterocycles. The van der Waals surface area contributed by atoms with Crippen molar-refractivity contribution in [3.63, 3.8) is 0 Å². The molecule has 0 radical (unpaired) electrons. The fourth-order valence-electron chi connectivity index (χ4n) is 3.12. The first-order valence-corrected chi connectivity index (χ1v) is 12.9. The van der Waals surface area contributed by atoms with E-state index in [-0.39, 0.29) is 29.2 Å². The molecule has 1 aliphatic heterocycles. The lowest BCUT2D eigenvalue weighted by Gasteiger charge is -2.46. The smallest absolute Gasteiger partial charge is 0.220 e. The van der Waals surface area contributed by atoms with E-state index in [0.717, 1.165) is 5.56 Å². The minimum Gasteiger partial charge on any atom is -0.408 e. The number of ether oxygens (including phenoxy) is 1. The lowest BCUT2D eigenvalue weighted by Crippen LogP contribution is -2.58. The van der Waals surface area contributed by atoms with Crippen molar-refractivity contribution in [1.29, 1.82) is 0 Å². The number of rotatable bonds is 7. The monoisotopic (exact) mass is 401 g/mol. The molecule has 4 nitrogen and oxygen atoms in total. The van der Waals surface area contributed by atoms with Gasteiger partial charge in [-0.05, 0) is 23.7 Å². The van der Waals surface area contributed by atoms with Crippen molar-refractivity contribution in [2.45, 2.75) is 70.7 Å². The summed E-state index contributed by atoms with van der Waals surface area (Å²) in [5.41, 5.74) is 1.09. The highest BCUT2D eigenvalue weighted by Crippen LogP contribution is 2.39. The van der Waals surface area contributed by atoms with Crippen LogP contribution in [0.4, 0.5) is 0 Å². The molecule has 1 aromatic rings. The minimum atomic E-state index is -2.02. The summed E-state index contributed by atoms with van der Waals surface area (Å²) < 4.78 is 12.9. The first kappa shape index (κ1) is 22.6. The third kappa shape index (κ3) is 5.43. The zero-order valence-electron chi connectivity index (χ0n) is 18.1. The van der Waals surface area contributed by atoms with Crippen molar-refractivity contribution in [3.05, 3.63) is 60.7 Å². The fourth-order valence-corrected chi connectivity index (χ4v) is 4.37. The van der Waals surface area contributed by atoms with Crippen molar-refractivity contribution in [2.75, 3.05) is 6.54 Å². The number of amides is 1. The highest BCUT2D eigenvalue weighted by Gasteiger charge is 2.44. The van der Waals surface area contributed by atoms with Gasteiger partial charge in [-0.3, -0.25) is 4.79 Å². The van der Waals surface area contributed by atoms with Crippen LogP contribution in [0.3, 0.4) is 0 Å². The predicted molar refractivity (Wildman–Crippen MR) is 118 cm³/mol. The molecule has 0 N–H and O–H groups in total. The van der Waals surface area contributed by atoms with Gasteiger partial charge in [0.2, 0.25) is 5.91 Å². The van der Waals surface area contributed by atoms with Crippen molar-refractivity contribution < 1.29 is 14.0 Å². The van der Waals surface area contributed by atoms with Crippen molar-refractivity contribution in [2.24, 2.45) is 0 Å². The molecule has 0 saturated carbocycles. The van der Waals surface area contributed by atoms with Gasteiger partial charge in [0.25, 0.3) is 0 Å². The number of benzene rings is 1.